The molecule has 202 valence electrons. The highest BCUT2D eigenvalue weighted by atomic mass is 35.5. The number of nitrogens with one attached hydrogen (secondary N) is 1. The Labute approximate surface area is 233 Å². The molecule has 7 nitrogen and oxygen atoms in total. The maximum absolute atomic E-state index is 13.6. The zero-order valence-corrected chi connectivity index (χ0v) is 23.1. The SMILES string of the molecule is CCCCCN1C(=O)c2[nH]nc(-c3cc(Cl)c(C)cc3O)c2C1c1ccc(OCc2ccccc2)c(OC)c1. The Bertz CT molecular complexity index is 1480. The minimum atomic E-state index is -0.422. The van der Waals surface area contributed by atoms with Gasteiger partial charge in [0.1, 0.15) is 23.7 Å². The number of H-pyrrole nitrogens is 1. The van der Waals surface area contributed by atoms with E-state index in [9.17, 15) is 9.90 Å². The van der Waals surface area contributed by atoms with E-state index < -0.39 is 6.04 Å². The van der Waals surface area contributed by atoms with Gasteiger partial charge in [0.2, 0.25) is 0 Å². The van der Waals surface area contributed by atoms with E-state index in [0.717, 1.165) is 36.0 Å². The van der Waals surface area contributed by atoms with E-state index in [2.05, 4.69) is 17.1 Å². The zero-order valence-electron chi connectivity index (χ0n) is 22.3. The topological polar surface area (TPSA) is 87.7 Å². The van der Waals surface area contributed by atoms with Crippen LogP contribution in [0.3, 0.4) is 0 Å². The third-order valence-electron chi connectivity index (χ3n) is 7.14. The van der Waals surface area contributed by atoms with Crippen LogP contribution >= 0.6 is 11.6 Å². The summed E-state index contributed by atoms with van der Waals surface area (Å²) in [7, 11) is 1.61. The van der Waals surface area contributed by atoms with Crippen LogP contribution in [0.5, 0.6) is 17.2 Å². The monoisotopic (exact) mass is 545 g/mol. The third kappa shape index (κ3) is 5.19. The second kappa shape index (κ2) is 11.4. The predicted octanol–water partition coefficient (Wildman–Crippen LogP) is 7.07. The summed E-state index contributed by atoms with van der Waals surface area (Å²) in [6.07, 6.45) is 2.93. The van der Waals surface area contributed by atoms with E-state index in [1.165, 1.54) is 0 Å². The number of amides is 1. The van der Waals surface area contributed by atoms with Crippen molar-refractivity contribution in [3.05, 3.63) is 93.6 Å². The van der Waals surface area contributed by atoms with Crippen LogP contribution in [0.4, 0.5) is 0 Å². The van der Waals surface area contributed by atoms with E-state index in [1.807, 2.05) is 60.4 Å². The van der Waals surface area contributed by atoms with Crippen molar-refractivity contribution < 1.29 is 19.4 Å². The number of fused-ring (bicyclic) bond motifs is 1. The number of hydrogen-bond donors (Lipinski definition) is 2. The van der Waals surface area contributed by atoms with Gasteiger partial charge in [0.15, 0.2) is 11.5 Å². The first-order chi connectivity index (χ1) is 18.9. The highest BCUT2D eigenvalue weighted by molar-refractivity contribution is 6.31. The summed E-state index contributed by atoms with van der Waals surface area (Å²) in [5, 5.41) is 18.7. The Hall–Kier alpha value is -3.97. The van der Waals surface area contributed by atoms with Crippen molar-refractivity contribution in [1.82, 2.24) is 15.1 Å². The standard InChI is InChI=1S/C31H32ClN3O4/c1-4-5-9-14-35-30(21-12-13-25(26(16-21)38-3)39-18-20-10-7-6-8-11-20)27-28(33-34-29(27)31(35)37)22-17-23(32)19(2)15-24(22)36/h6-8,10-13,15-17,30,36H,4-5,9,14,18H2,1-3H3,(H,33,34). The lowest BCUT2D eigenvalue weighted by molar-refractivity contribution is 0.0740. The van der Waals surface area contributed by atoms with Crippen molar-refractivity contribution in [2.75, 3.05) is 13.7 Å². The average Bonchev–Trinajstić information content (AvgIpc) is 3.49. The number of aromatic hydroxyl groups is 1. The number of nitrogens with zero attached hydrogens (tertiary/aromatic N) is 2. The molecule has 0 radical (unpaired) electrons. The highest BCUT2D eigenvalue weighted by Crippen LogP contribution is 2.46. The first-order valence-electron chi connectivity index (χ1n) is 13.2. The number of methoxy groups -OCH3 is 1. The first kappa shape index (κ1) is 26.6. The van der Waals surface area contributed by atoms with Crippen LogP contribution in [0.2, 0.25) is 5.02 Å². The summed E-state index contributed by atoms with van der Waals surface area (Å²) < 4.78 is 11.8. The first-order valence-corrected chi connectivity index (χ1v) is 13.5. The van der Waals surface area contributed by atoms with E-state index in [0.29, 0.717) is 52.2 Å². The van der Waals surface area contributed by atoms with Gasteiger partial charge in [-0.25, -0.2) is 0 Å². The molecule has 4 aromatic rings. The van der Waals surface area contributed by atoms with E-state index in [-0.39, 0.29) is 11.7 Å². The van der Waals surface area contributed by atoms with Crippen molar-refractivity contribution in [3.8, 4) is 28.5 Å². The van der Waals surface area contributed by atoms with Gasteiger partial charge in [-0.1, -0.05) is 67.8 Å². The molecular weight excluding hydrogens is 514 g/mol. The second-order valence-corrected chi connectivity index (χ2v) is 10.2. The van der Waals surface area contributed by atoms with Crippen molar-refractivity contribution in [2.45, 2.75) is 45.8 Å². The summed E-state index contributed by atoms with van der Waals surface area (Å²) in [5.74, 6) is 1.13. The second-order valence-electron chi connectivity index (χ2n) is 9.77. The minimum absolute atomic E-state index is 0.0593. The van der Waals surface area contributed by atoms with Crippen LogP contribution < -0.4 is 9.47 Å². The van der Waals surface area contributed by atoms with Gasteiger partial charge in [0.25, 0.3) is 5.91 Å². The van der Waals surface area contributed by atoms with Gasteiger partial charge in [-0.3, -0.25) is 9.89 Å². The molecule has 0 bridgehead atoms. The van der Waals surface area contributed by atoms with E-state index >= 15 is 0 Å². The largest absolute Gasteiger partial charge is 0.507 e. The van der Waals surface area contributed by atoms with Crippen molar-refractivity contribution in [1.29, 1.82) is 0 Å². The fourth-order valence-electron chi connectivity index (χ4n) is 5.08. The van der Waals surface area contributed by atoms with Crippen LogP contribution in [0.1, 0.15) is 65.0 Å². The Balaban J connectivity index is 1.56. The van der Waals surface area contributed by atoms with Gasteiger partial charge in [0.05, 0.1) is 13.2 Å². The lowest BCUT2D eigenvalue weighted by Crippen LogP contribution is -2.30. The number of rotatable bonds is 10. The number of hydrogen-bond acceptors (Lipinski definition) is 5. The number of aromatic nitrogens is 2. The molecule has 0 saturated heterocycles. The molecule has 2 N–H and O–H groups in total. The normalized spacial score (nSPS) is 14.5. The molecule has 1 aliphatic heterocycles. The fourth-order valence-corrected chi connectivity index (χ4v) is 5.24. The molecule has 1 unspecified atom stereocenters. The predicted molar refractivity (Wildman–Crippen MR) is 152 cm³/mol. The fraction of sp³-hybridized carbons (Fsp3) is 0.290. The van der Waals surface area contributed by atoms with Gasteiger partial charge in [0, 0.05) is 22.7 Å². The number of phenolic OH excluding ortho intramolecular Hbond substituents is 1. The van der Waals surface area contributed by atoms with Gasteiger partial charge >= 0.3 is 0 Å². The highest BCUT2D eigenvalue weighted by Gasteiger charge is 2.42. The Kier molecular flexibility index (Phi) is 7.79. The van der Waals surface area contributed by atoms with E-state index in [1.54, 1.807) is 19.2 Å². The van der Waals surface area contributed by atoms with Crippen molar-refractivity contribution in [3.63, 3.8) is 0 Å². The molecule has 1 aliphatic rings. The van der Waals surface area contributed by atoms with Crippen LogP contribution in [0, 0.1) is 6.92 Å². The Morgan fingerprint density at radius 3 is 2.62 bits per heavy atom. The Morgan fingerprint density at radius 2 is 1.87 bits per heavy atom. The quantitative estimate of drug-likeness (QED) is 0.208. The van der Waals surface area contributed by atoms with Crippen LogP contribution in [0.25, 0.3) is 11.3 Å². The maximum Gasteiger partial charge on any atom is 0.273 e. The molecule has 39 heavy (non-hydrogen) atoms. The lowest BCUT2D eigenvalue weighted by atomic mass is 9.95. The summed E-state index contributed by atoms with van der Waals surface area (Å²) in [5.41, 5.74) is 4.79. The average molecular weight is 546 g/mol. The zero-order chi connectivity index (χ0) is 27.5. The smallest absolute Gasteiger partial charge is 0.273 e. The van der Waals surface area contributed by atoms with Gasteiger partial charge in [-0.05, 0) is 54.3 Å². The number of unbranched alkanes of at least 4 members (excludes halogenated alkanes) is 2. The molecule has 1 aromatic heterocycles. The molecule has 0 aliphatic carbocycles. The summed E-state index contributed by atoms with van der Waals surface area (Å²) in [6, 6.07) is 18.6. The number of aromatic amines is 1. The maximum atomic E-state index is 13.6. The Morgan fingerprint density at radius 1 is 1.08 bits per heavy atom. The number of benzene rings is 3. The molecule has 8 heteroatoms. The molecule has 1 atom stereocenters. The van der Waals surface area contributed by atoms with Gasteiger partial charge in [-0.2, -0.15) is 5.10 Å². The van der Waals surface area contributed by atoms with Crippen LogP contribution in [-0.2, 0) is 6.61 Å². The summed E-state index contributed by atoms with van der Waals surface area (Å²) in [4.78, 5) is 15.5. The number of phenols is 1. The molecule has 0 spiro atoms. The van der Waals surface area contributed by atoms with Gasteiger partial charge in [-0.15, -0.1) is 0 Å². The molecule has 5 rings (SSSR count). The van der Waals surface area contributed by atoms with Crippen LogP contribution in [0.15, 0.2) is 60.7 Å². The van der Waals surface area contributed by atoms with Crippen LogP contribution in [-0.4, -0.2) is 39.8 Å². The summed E-state index contributed by atoms with van der Waals surface area (Å²) >= 11 is 6.42. The molecule has 3 aromatic carbocycles. The number of halogens is 1. The van der Waals surface area contributed by atoms with Crippen molar-refractivity contribution in [2.24, 2.45) is 0 Å². The number of carbonyl (C=O) groups is 1. The van der Waals surface area contributed by atoms with Crippen molar-refractivity contribution >= 4 is 17.5 Å². The number of ether oxygens (including phenoxy) is 2. The van der Waals surface area contributed by atoms with Gasteiger partial charge < -0.3 is 19.5 Å². The molecule has 0 saturated carbocycles. The third-order valence-corrected chi connectivity index (χ3v) is 7.55. The number of aryl methyl sites for hydroxylation is 1. The molecular formula is C31H32ClN3O4. The lowest BCUT2D eigenvalue weighted by Gasteiger charge is -2.27. The summed E-state index contributed by atoms with van der Waals surface area (Å²) in [6.45, 7) is 4.96. The minimum Gasteiger partial charge on any atom is -0.507 e. The number of carbonyl (C=O) groups excluding carboxylic acids is 1. The van der Waals surface area contributed by atoms with E-state index in [4.69, 9.17) is 21.1 Å². The molecule has 2 heterocycles. The molecule has 0 fully saturated rings. The molecule has 1 amide bonds.